The van der Waals surface area contributed by atoms with Crippen molar-refractivity contribution in [2.24, 2.45) is 4.99 Å². The second kappa shape index (κ2) is 16.5. The first kappa shape index (κ1) is 27.7. The summed E-state index contributed by atoms with van der Waals surface area (Å²) in [5, 5.41) is 6.70. The predicted octanol–water partition coefficient (Wildman–Crippen LogP) is 2.14. The van der Waals surface area contributed by atoms with Crippen LogP contribution in [0.1, 0.15) is 18.0 Å². The standard InChI is InChI=1S/C20H36N4O4.HI/c1-21-20(22-10-7-11-28-13-12-25-4)23-15-17(24(2)3)16-8-9-18(26-5)19(14-16)27-6;/h8-9,14,17H,7,10-13,15H2,1-6H3,(H2,21,22,23);1H. The molecule has 9 heteroatoms. The van der Waals surface area contributed by atoms with Gasteiger partial charge in [-0.3, -0.25) is 4.99 Å². The highest BCUT2D eigenvalue weighted by atomic mass is 127. The second-order valence-corrected chi connectivity index (χ2v) is 6.43. The van der Waals surface area contributed by atoms with E-state index in [9.17, 15) is 0 Å². The van der Waals surface area contributed by atoms with Crippen molar-refractivity contribution in [1.29, 1.82) is 0 Å². The number of rotatable bonds is 13. The third-order valence-electron chi connectivity index (χ3n) is 4.29. The van der Waals surface area contributed by atoms with Crippen molar-refractivity contribution < 1.29 is 18.9 Å². The lowest BCUT2D eigenvalue weighted by molar-refractivity contribution is 0.0698. The zero-order valence-corrected chi connectivity index (χ0v) is 20.8. The fourth-order valence-electron chi connectivity index (χ4n) is 2.70. The summed E-state index contributed by atoms with van der Waals surface area (Å²) in [7, 11) is 10.8. The zero-order valence-electron chi connectivity index (χ0n) is 18.5. The molecule has 0 aromatic heterocycles. The van der Waals surface area contributed by atoms with Crippen LogP contribution in [0.3, 0.4) is 0 Å². The van der Waals surface area contributed by atoms with Gasteiger partial charge in [0, 0.05) is 33.9 Å². The molecule has 2 N–H and O–H groups in total. The van der Waals surface area contributed by atoms with E-state index in [4.69, 9.17) is 18.9 Å². The van der Waals surface area contributed by atoms with E-state index in [-0.39, 0.29) is 30.0 Å². The smallest absolute Gasteiger partial charge is 0.191 e. The molecule has 0 fully saturated rings. The van der Waals surface area contributed by atoms with Crippen molar-refractivity contribution in [1.82, 2.24) is 15.5 Å². The van der Waals surface area contributed by atoms with Crippen LogP contribution in [0.15, 0.2) is 23.2 Å². The number of ether oxygens (including phenoxy) is 4. The van der Waals surface area contributed by atoms with Gasteiger partial charge in [0.2, 0.25) is 0 Å². The third-order valence-corrected chi connectivity index (χ3v) is 4.29. The fraction of sp³-hybridized carbons (Fsp3) is 0.650. The Labute approximate surface area is 192 Å². The molecule has 0 bridgehead atoms. The van der Waals surface area contributed by atoms with Crippen molar-refractivity contribution in [2.75, 3.05) is 75.4 Å². The van der Waals surface area contributed by atoms with Gasteiger partial charge in [-0.25, -0.2) is 0 Å². The Morgan fingerprint density at radius 2 is 1.76 bits per heavy atom. The molecule has 0 amide bonds. The summed E-state index contributed by atoms with van der Waals surface area (Å²) in [5.41, 5.74) is 1.14. The summed E-state index contributed by atoms with van der Waals surface area (Å²) in [6, 6.07) is 6.15. The van der Waals surface area contributed by atoms with Crippen LogP contribution >= 0.6 is 24.0 Å². The van der Waals surface area contributed by atoms with Gasteiger partial charge in [-0.15, -0.1) is 24.0 Å². The fourth-order valence-corrected chi connectivity index (χ4v) is 2.70. The average molecular weight is 524 g/mol. The van der Waals surface area contributed by atoms with Crippen molar-refractivity contribution in [3.05, 3.63) is 23.8 Å². The summed E-state index contributed by atoms with van der Waals surface area (Å²) < 4.78 is 21.2. The van der Waals surface area contributed by atoms with Crippen molar-refractivity contribution >= 4 is 29.9 Å². The van der Waals surface area contributed by atoms with E-state index >= 15 is 0 Å². The quantitative estimate of drug-likeness (QED) is 0.177. The Hall–Kier alpha value is -1.30. The van der Waals surface area contributed by atoms with E-state index in [0.29, 0.717) is 26.4 Å². The lowest BCUT2D eigenvalue weighted by Crippen LogP contribution is -2.42. The summed E-state index contributed by atoms with van der Waals surface area (Å²) in [4.78, 5) is 6.45. The summed E-state index contributed by atoms with van der Waals surface area (Å²) in [6.45, 7) is 3.43. The van der Waals surface area contributed by atoms with Crippen molar-refractivity contribution in [3.8, 4) is 11.5 Å². The van der Waals surface area contributed by atoms with Crippen molar-refractivity contribution in [3.63, 3.8) is 0 Å². The molecule has 0 radical (unpaired) electrons. The summed E-state index contributed by atoms with van der Waals surface area (Å²) in [5.74, 6) is 2.22. The van der Waals surface area contributed by atoms with Gasteiger partial charge in [0.25, 0.3) is 0 Å². The minimum Gasteiger partial charge on any atom is -0.493 e. The molecule has 1 unspecified atom stereocenters. The normalized spacial score (nSPS) is 12.3. The van der Waals surface area contributed by atoms with Crippen LogP contribution in [0.2, 0.25) is 0 Å². The first-order valence-electron chi connectivity index (χ1n) is 9.46. The van der Waals surface area contributed by atoms with Gasteiger partial charge in [-0.05, 0) is 38.2 Å². The Kier molecular flexibility index (Phi) is 15.8. The Bertz CT molecular complexity index is 588. The molecule has 0 saturated heterocycles. The largest absolute Gasteiger partial charge is 0.493 e. The van der Waals surface area contributed by atoms with Gasteiger partial charge < -0.3 is 34.5 Å². The third kappa shape index (κ3) is 10.3. The lowest BCUT2D eigenvalue weighted by atomic mass is 10.1. The Morgan fingerprint density at radius 1 is 1.03 bits per heavy atom. The maximum absolute atomic E-state index is 5.46. The van der Waals surface area contributed by atoms with Gasteiger partial charge >= 0.3 is 0 Å². The molecule has 0 spiro atoms. The number of hydrogen-bond donors (Lipinski definition) is 2. The van der Waals surface area contributed by atoms with E-state index in [2.05, 4.69) is 40.7 Å². The van der Waals surface area contributed by atoms with Crippen LogP contribution < -0.4 is 20.1 Å². The first-order valence-corrected chi connectivity index (χ1v) is 9.46. The number of methoxy groups -OCH3 is 3. The molecule has 0 aliphatic carbocycles. The molecule has 0 aliphatic heterocycles. The van der Waals surface area contributed by atoms with Gasteiger partial charge in [0.05, 0.1) is 33.5 Å². The molecule has 168 valence electrons. The second-order valence-electron chi connectivity index (χ2n) is 6.43. The molecular weight excluding hydrogens is 487 g/mol. The maximum atomic E-state index is 5.46. The highest BCUT2D eigenvalue weighted by Gasteiger charge is 2.17. The molecule has 1 aromatic carbocycles. The minimum atomic E-state index is 0. The minimum absolute atomic E-state index is 0. The van der Waals surface area contributed by atoms with Crippen LogP contribution in [0, 0.1) is 0 Å². The van der Waals surface area contributed by atoms with Crippen LogP contribution in [-0.4, -0.2) is 86.2 Å². The summed E-state index contributed by atoms with van der Waals surface area (Å²) in [6.07, 6.45) is 0.900. The number of nitrogens with one attached hydrogen (secondary N) is 2. The maximum Gasteiger partial charge on any atom is 0.191 e. The monoisotopic (exact) mass is 524 g/mol. The van der Waals surface area contributed by atoms with Gasteiger partial charge in [-0.2, -0.15) is 0 Å². The number of likely N-dealkylation sites (N-methyl/N-ethyl adjacent to an activating group) is 1. The molecule has 0 saturated carbocycles. The van der Waals surface area contributed by atoms with Crippen LogP contribution in [0.4, 0.5) is 0 Å². The molecule has 29 heavy (non-hydrogen) atoms. The Morgan fingerprint density at radius 3 is 2.34 bits per heavy atom. The zero-order chi connectivity index (χ0) is 20.8. The number of aliphatic imine (C=N–C) groups is 1. The Balaban J connectivity index is 0.00000784. The van der Waals surface area contributed by atoms with Gasteiger partial charge in [0.15, 0.2) is 17.5 Å². The van der Waals surface area contributed by atoms with Gasteiger partial charge in [0.1, 0.15) is 0 Å². The van der Waals surface area contributed by atoms with E-state index in [1.54, 1.807) is 28.4 Å². The molecule has 8 nitrogen and oxygen atoms in total. The molecule has 0 heterocycles. The number of guanidine groups is 1. The van der Waals surface area contributed by atoms with Crippen LogP contribution in [0.5, 0.6) is 11.5 Å². The number of nitrogens with zero attached hydrogens (tertiary/aromatic N) is 2. The summed E-state index contributed by atoms with van der Waals surface area (Å²) >= 11 is 0. The highest BCUT2D eigenvalue weighted by Crippen LogP contribution is 2.31. The van der Waals surface area contributed by atoms with Gasteiger partial charge in [-0.1, -0.05) is 6.07 Å². The van der Waals surface area contributed by atoms with Crippen LogP contribution in [-0.2, 0) is 9.47 Å². The molecular formula is C20H37IN4O4. The van der Waals surface area contributed by atoms with Crippen LogP contribution in [0.25, 0.3) is 0 Å². The van der Waals surface area contributed by atoms with E-state index in [1.165, 1.54) is 0 Å². The molecule has 1 atom stereocenters. The molecule has 1 aromatic rings. The molecule has 1 rings (SSSR count). The average Bonchev–Trinajstić information content (AvgIpc) is 2.71. The van der Waals surface area contributed by atoms with Crippen molar-refractivity contribution in [2.45, 2.75) is 12.5 Å². The first-order chi connectivity index (χ1) is 13.6. The number of benzene rings is 1. The topological polar surface area (TPSA) is 76.6 Å². The van der Waals surface area contributed by atoms with E-state index in [1.807, 2.05) is 12.1 Å². The number of hydrogen-bond acceptors (Lipinski definition) is 6. The molecule has 0 aliphatic rings. The van der Waals surface area contributed by atoms with E-state index < -0.39 is 0 Å². The highest BCUT2D eigenvalue weighted by molar-refractivity contribution is 14.0. The number of halogens is 1. The SMILES string of the molecule is CN=C(NCCCOCCOC)NCC(c1ccc(OC)c(OC)c1)N(C)C.I. The van der Waals surface area contributed by atoms with E-state index in [0.717, 1.165) is 36.0 Å². The predicted molar refractivity (Wildman–Crippen MR) is 128 cm³/mol. The lowest BCUT2D eigenvalue weighted by Gasteiger charge is -2.26.